The number of piperazine rings is 1. The van der Waals surface area contributed by atoms with Crippen LogP contribution < -0.4 is 9.64 Å². The zero-order chi connectivity index (χ0) is 21.8. The molecule has 160 valence electrons. The number of ether oxygens (including phenoxy) is 1. The van der Waals surface area contributed by atoms with Gasteiger partial charge in [0.2, 0.25) is 0 Å². The number of hydrogen-bond acceptors (Lipinski definition) is 6. The van der Waals surface area contributed by atoms with Gasteiger partial charge in [-0.05, 0) is 55.5 Å². The van der Waals surface area contributed by atoms with Crippen LogP contribution in [0.4, 0.5) is 10.1 Å². The lowest BCUT2D eigenvalue weighted by molar-refractivity contribution is 0.0741. The smallest absolute Gasteiger partial charge is 0.273 e. The van der Waals surface area contributed by atoms with Crippen molar-refractivity contribution in [3.05, 3.63) is 76.0 Å². The van der Waals surface area contributed by atoms with Crippen LogP contribution in [0.5, 0.6) is 5.75 Å². The van der Waals surface area contributed by atoms with Gasteiger partial charge in [0.15, 0.2) is 5.78 Å². The molecule has 1 saturated heterocycles. The second kappa shape index (κ2) is 9.26. The van der Waals surface area contributed by atoms with Gasteiger partial charge in [-0.1, -0.05) is 0 Å². The number of nitrogens with zero attached hydrogens (tertiary/aromatic N) is 3. The van der Waals surface area contributed by atoms with E-state index in [2.05, 4.69) is 9.88 Å². The molecule has 0 atom stereocenters. The lowest BCUT2D eigenvalue weighted by Gasteiger charge is -2.35. The molecule has 1 aliphatic rings. The van der Waals surface area contributed by atoms with Gasteiger partial charge in [-0.3, -0.25) is 9.59 Å². The van der Waals surface area contributed by atoms with Gasteiger partial charge in [0, 0.05) is 42.8 Å². The Morgan fingerprint density at radius 2 is 1.71 bits per heavy atom. The lowest BCUT2D eigenvalue weighted by Crippen LogP contribution is -2.48. The molecule has 1 amide bonds. The number of halogens is 1. The molecule has 0 radical (unpaired) electrons. The van der Waals surface area contributed by atoms with Crippen LogP contribution in [0, 0.1) is 5.82 Å². The fourth-order valence-electron chi connectivity index (χ4n) is 3.39. The largest absolute Gasteiger partial charge is 0.486 e. The zero-order valence-electron chi connectivity index (χ0n) is 17.1. The first-order chi connectivity index (χ1) is 15.0. The Kier molecular flexibility index (Phi) is 6.27. The minimum Gasteiger partial charge on any atom is -0.486 e. The number of anilines is 1. The highest BCUT2D eigenvalue weighted by atomic mass is 32.1. The van der Waals surface area contributed by atoms with Gasteiger partial charge in [0.1, 0.15) is 28.9 Å². The average molecular weight is 440 g/mol. The van der Waals surface area contributed by atoms with Crippen LogP contribution in [-0.4, -0.2) is 47.8 Å². The number of hydrogen-bond donors (Lipinski definition) is 0. The van der Waals surface area contributed by atoms with E-state index in [0.29, 0.717) is 35.1 Å². The van der Waals surface area contributed by atoms with Crippen molar-refractivity contribution in [1.29, 1.82) is 0 Å². The topological polar surface area (TPSA) is 62.7 Å². The molecular formula is C23H22FN3O3S. The van der Waals surface area contributed by atoms with E-state index in [9.17, 15) is 14.0 Å². The minimum atomic E-state index is -0.317. The van der Waals surface area contributed by atoms with Gasteiger partial charge in [0.25, 0.3) is 5.91 Å². The van der Waals surface area contributed by atoms with Crippen molar-refractivity contribution in [1.82, 2.24) is 9.88 Å². The van der Waals surface area contributed by atoms with Crippen LogP contribution in [0.3, 0.4) is 0 Å². The number of benzene rings is 2. The van der Waals surface area contributed by atoms with Gasteiger partial charge in [-0.2, -0.15) is 0 Å². The normalized spacial score (nSPS) is 13.9. The second-order valence-electron chi connectivity index (χ2n) is 7.25. The van der Waals surface area contributed by atoms with Crippen molar-refractivity contribution < 1.29 is 18.7 Å². The Balaban J connectivity index is 1.30. The van der Waals surface area contributed by atoms with Crippen molar-refractivity contribution in [2.75, 3.05) is 31.1 Å². The highest BCUT2D eigenvalue weighted by Gasteiger charge is 2.24. The Morgan fingerprint density at radius 1 is 1.03 bits per heavy atom. The number of rotatable bonds is 6. The molecule has 3 aromatic rings. The van der Waals surface area contributed by atoms with Crippen LogP contribution in [-0.2, 0) is 6.61 Å². The molecule has 1 aromatic heterocycles. The highest BCUT2D eigenvalue weighted by molar-refractivity contribution is 7.09. The molecule has 6 nitrogen and oxygen atoms in total. The van der Waals surface area contributed by atoms with Gasteiger partial charge in [-0.25, -0.2) is 9.37 Å². The third kappa shape index (κ3) is 5.08. The average Bonchev–Trinajstić information content (AvgIpc) is 3.27. The molecule has 4 rings (SSSR count). The predicted octanol–water partition coefficient (Wildman–Crippen LogP) is 4.03. The molecule has 0 spiro atoms. The molecule has 2 heterocycles. The molecule has 0 aliphatic carbocycles. The molecule has 0 bridgehead atoms. The Bertz CT molecular complexity index is 1060. The summed E-state index contributed by atoms with van der Waals surface area (Å²) < 4.78 is 18.6. The summed E-state index contributed by atoms with van der Waals surface area (Å²) in [6.45, 7) is 4.43. The van der Waals surface area contributed by atoms with E-state index < -0.39 is 0 Å². The number of ketones is 1. The monoisotopic (exact) mass is 439 g/mol. The Morgan fingerprint density at radius 3 is 2.35 bits per heavy atom. The summed E-state index contributed by atoms with van der Waals surface area (Å²) in [5, 5.41) is 2.44. The summed E-state index contributed by atoms with van der Waals surface area (Å²) >= 11 is 1.37. The van der Waals surface area contributed by atoms with Gasteiger partial charge in [-0.15, -0.1) is 11.3 Å². The van der Waals surface area contributed by atoms with E-state index in [-0.39, 0.29) is 24.1 Å². The van der Waals surface area contributed by atoms with E-state index in [4.69, 9.17) is 4.74 Å². The maximum Gasteiger partial charge on any atom is 0.273 e. The van der Waals surface area contributed by atoms with Gasteiger partial charge in [0.05, 0.1) is 0 Å². The summed E-state index contributed by atoms with van der Waals surface area (Å²) in [5.41, 5.74) is 2.16. The molecule has 31 heavy (non-hydrogen) atoms. The Labute approximate surface area is 183 Å². The first-order valence-corrected chi connectivity index (χ1v) is 10.9. The van der Waals surface area contributed by atoms with Crippen LogP contribution in [0.1, 0.15) is 32.8 Å². The summed E-state index contributed by atoms with van der Waals surface area (Å²) in [4.78, 5) is 32.7. The second-order valence-corrected chi connectivity index (χ2v) is 8.19. The molecule has 0 unspecified atom stereocenters. The molecule has 0 N–H and O–H groups in total. The molecule has 2 aromatic carbocycles. The summed E-state index contributed by atoms with van der Waals surface area (Å²) in [6.07, 6.45) is 0. The number of aromatic nitrogens is 1. The van der Waals surface area contributed by atoms with E-state index in [1.807, 2.05) is 24.3 Å². The minimum absolute atomic E-state index is 0.0488. The summed E-state index contributed by atoms with van der Waals surface area (Å²) in [6, 6.07) is 13.3. The number of carbonyl (C=O) groups is 2. The van der Waals surface area contributed by atoms with Gasteiger partial charge >= 0.3 is 0 Å². The third-order valence-corrected chi connectivity index (χ3v) is 5.98. The molecule has 8 heteroatoms. The van der Waals surface area contributed by atoms with E-state index in [0.717, 1.165) is 18.8 Å². The number of thiazole rings is 1. The van der Waals surface area contributed by atoms with Crippen molar-refractivity contribution >= 4 is 28.7 Å². The number of amides is 1. The fourth-order valence-corrected chi connectivity index (χ4v) is 4.07. The number of carbonyl (C=O) groups excluding carboxylic acids is 2. The van der Waals surface area contributed by atoms with E-state index >= 15 is 0 Å². The molecular weight excluding hydrogens is 417 g/mol. The standard InChI is InChI=1S/C23H22FN3O3S/c1-16(28)17-2-6-19(7-3-17)26-10-12-27(13-11-26)23(29)21-15-31-22(25-21)14-30-20-8-4-18(24)5-9-20/h2-9,15H,10-14H2,1H3. The fraction of sp³-hybridized carbons (Fsp3) is 0.261. The van der Waals surface area contributed by atoms with Crippen molar-refractivity contribution in [3.63, 3.8) is 0 Å². The maximum absolute atomic E-state index is 13.0. The Hall–Kier alpha value is -3.26. The first kappa shape index (κ1) is 21.0. The van der Waals surface area contributed by atoms with Gasteiger partial charge < -0.3 is 14.5 Å². The van der Waals surface area contributed by atoms with Crippen molar-refractivity contribution in [2.24, 2.45) is 0 Å². The molecule has 1 aliphatic heterocycles. The van der Waals surface area contributed by atoms with E-state index in [1.54, 1.807) is 29.3 Å². The van der Waals surface area contributed by atoms with Crippen molar-refractivity contribution in [3.8, 4) is 5.75 Å². The third-order valence-electron chi connectivity index (χ3n) is 5.15. The molecule has 0 saturated carbocycles. The zero-order valence-corrected chi connectivity index (χ0v) is 17.9. The van der Waals surface area contributed by atoms with Crippen LogP contribution >= 0.6 is 11.3 Å². The SMILES string of the molecule is CC(=O)c1ccc(N2CCN(C(=O)c3csc(COc4ccc(F)cc4)n3)CC2)cc1. The quantitative estimate of drug-likeness (QED) is 0.543. The number of Topliss-reactive ketones (excluding diaryl/α,β-unsaturated/α-hetero) is 1. The van der Waals surface area contributed by atoms with Crippen LogP contribution in [0.25, 0.3) is 0 Å². The highest BCUT2D eigenvalue weighted by Crippen LogP contribution is 2.20. The predicted molar refractivity (Wildman–Crippen MR) is 117 cm³/mol. The maximum atomic E-state index is 13.0. The van der Waals surface area contributed by atoms with Crippen LogP contribution in [0.2, 0.25) is 0 Å². The van der Waals surface area contributed by atoms with E-state index in [1.165, 1.54) is 23.5 Å². The van der Waals surface area contributed by atoms with Crippen molar-refractivity contribution in [2.45, 2.75) is 13.5 Å². The molecule has 1 fully saturated rings. The first-order valence-electron chi connectivity index (χ1n) is 9.97. The van der Waals surface area contributed by atoms with Crippen LogP contribution in [0.15, 0.2) is 53.9 Å². The summed E-state index contributed by atoms with van der Waals surface area (Å²) in [7, 11) is 0. The summed E-state index contributed by atoms with van der Waals surface area (Å²) in [5.74, 6) is 0.197. The lowest BCUT2D eigenvalue weighted by atomic mass is 10.1.